The summed E-state index contributed by atoms with van der Waals surface area (Å²) in [6, 6.07) is 8.41. The second-order valence-corrected chi connectivity index (χ2v) is 2.85. The molecule has 16 heavy (non-hydrogen) atoms. The van der Waals surface area contributed by atoms with Gasteiger partial charge in [-0.25, -0.2) is 4.98 Å². The van der Waals surface area contributed by atoms with E-state index in [-0.39, 0.29) is 11.5 Å². The molecule has 0 fully saturated rings. The molecule has 5 heteroatoms. The van der Waals surface area contributed by atoms with Crippen molar-refractivity contribution in [1.82, 2.24) is 4.98 Å². The van der Waals surface area contributed by atoms with E-state index >= 15 is 0 Å². The minimum absolute atomic E-state index is 0.230. The highest BCUT2D eigenvalue weighted by Gasteiger charge is 2.05. The second kappa shape index (κ2) is 4.16. The van der Waals surface area contributed by atoms with Gasteiger partial charge in [0.15, 0.2) is 6.39 Å². The van der Waals surface area contributed by atoms with Gasteiger partial charge < -0.3 is 9.15 Å². The van der Waals surface area contributed by atoms with Gasteiger partial charge in [-0.3, -0.25) is 0 Å². The number of aromatic nitrogens is 1. The normalized spacial score (nSPS) is 9.12. The van der Waals surface area contributed by atoms with Crippen LogP contribution in [-0.4, -0.2) is 4.98 Å². The van der Waals surface area contributed by atoms with E-state index in [1.165, 1.54) is 24.7 Å². The van der Waals surface area contributed by atoms with Gasteiger partial charge in [-0.2, -0.15) is 10.5 Å². The Morgan fingerprint density at radius 1 is 1.19 bits per heavy atom. The molecule has 0 aliphatic heterocycles. The van der Waals surface area contributed by atoms with Crippen LogP contribution in [0.1, 0.15) is 11.1 Å². The second-order valence-electron chi connectivity index (χ2n) is 2.85. The number of hydrogen-bond acceptors (Lipinski definition) is 5. The molecule has 76 valence electrons. The Morgan fingerprint density at radius 3 is 2.62 bits per heavy atom. The largest absolute Gasteiger partial charge is 0.425 e. The number of benzene rings is 1. The van der Waals surface area contributed by atoms with Gasteiger partial charge in [0.25, 0.3) is 0 Å². The fraction of sp³-hybridized carbons (Fsp3) is 0. The summed E-state index contributed by atoms with van der Waals surface area (Å²) in [5.41, 5.74) is 0.576. The quantitative estimate of drug-likeness (QED) is 0.760. The van der Waals surface area contributed by atoms with Gasteiger partial charge in [-0.05, 0) is 12.1 Å². The highest BCUT2D eigenvalue weighted by molar-refractivity contribution is 5.49. The first kappa shape index (κ1) is 9.75. The molecule has 0 radical (unpaired) electrons. The molecule has 0 unspecified atom stereocenters. The van der Waals surface area contributed by atoms with Crippen LogP contribution in [0.15, 0.2) is 35.2 Å². The van der Waals surface area contributed by atoms with Gasteiger partial charge in [-0.1, -0.05) is 0 Å². The minimum Gasteiger partial charge on any atom is -0.425 e. The van der Waals surface area contributed by atoms with Gasteiger partial charge in [0, 0.05) is 6.07 Å². The Hall–Kier alpha value is -2.79. The molecule has 0 saturated carbocycles. The number of ether oxygens (including phenoxy) is 1. The molecule has 0 aliphatic rings. The van der Waals surface area contributed by atoms with Crippen LogP contribution >= 0.6 is 0 Å². The van der Waals surface area contributed by atoms with E-state index in [1.807, 2.05) is 12.1 Å². The van der Waals surface area contributed by atoms with E-state index in [4.69, 9.17) is 19.7 Å². The first-order chi connectivity index (χ1) is 7.83. The van der Waals surface area contributed by atoms with Gasteiger partial charge in [-0.15, -0.1) is 0 Å². The molecule has 0 amide bonds. The maximum atomic E-state index is 8.81. The fourth-order valence-electron chi connectivity index (χ4n) is 1.15. The summed E-state index contributed by atoms with van der Waals surface area (Å²) < 4.78 is 10.2. The van der Waals surface area contributed by atoms with Crippen molar-refractivity contribution in [3.63, 3.8) is 0 Å². The van der Waals surface area contributed by atoms with Crippen molar-refractivity contribution >= 4 is 0 Å². The summed E-state index contributed by atoms with van der Waals surface area (Å²) in [5, 5.41) is 17.5. The maximum Gasteiger partial charge on any atom is 0.310 e. The van der Waals surface area contributed by atoms with Gasteiger partial charge >= 0.3 is 5.95 Å². The lowest BCUT2D eigenvalue weighted by atomic mass is 10.1. The van der Waals surface area contributed by atoms with Crippen molar-refractivity contribution in [3.05, 3.63) is 41.9 Å². The van der Waals surface area contributed by atoms with Crippen LogP contribution in [-0.2, 0) is 0 Å². The Labute approximate surface area is 91.1 Å². The molecular formula is C11H5N3O2. The van der Waals surface area contributed by atoms with E-state index in [1.54, 1.807) is 6.07 Å². The van der Waals surface area contributed by atoms with Gasteiger partial charge in [0.2, 0.25) is 0 Å². The van der Waals surface area contributed by atoms with Crippen LogP contribution in [0, 0.1) is 22.7 Å². The lowest BCUT2D eigenvalue weighted by Crippen LogP contribution is -1.87. The topological polar surface area (TPSA) is 82.8 Å². The maximum absolute atomic E-state index is 8.81. The zero-order valence-corrected chi connectivity index (χ0v) is 8.04. The third-order valence-corrected chi connectivity index (χ3v) is 1.86. The smallest absolute Gasteiger partial charge is 0.310 e. The van der Waals surface area contributed by atoms with Crippen molar-refractivity contribution in [2.75, 3.05) is 0 Å². The molecule has 2 aromatic rings. The third-order valence-electron chi connectivity index (χ3n) is 1.86. The summed E-state index contributed by atoms with van der Waals surface area (Å²) in [5.74, 6) is 0.654. The Morgan fingerprint density at radius 2 is 2.00 bits per heavy atom. The van der Waals surface area contributed by atoms with E-state index in [0.29, 0.717) is 11.3 Å². The van der Waals surface area contributed by atoms with Crippen molar-refractivity contribution in [3.8, 4) is 23.8 Å². The van der Waals surface area contributed by atoms with E-state index in [2.05, 4.69) is 4.98 Å². The van der Waals surface area contributed by atoms with Crippen molar-refractivity contribution in [2.45, 2.75) is 0 Å². The van der Waals surface area contributed by atoms with Crippen LogP contribution in [0.4, 0.5) is 0 Å². The zero-order chi connectivity index (χ0) is 11.4. The van der Waals surface area contributed by atoms with Crippen molar-refractivity contribution in [2.24, 2.45) is 0 Å². The Balaban J connectivity index is 2.31. The van der Waals surface area contributed by atoms with Crippen LogP contribution in [0.25, 0.3) is 0 Å². The first-order valence-electron chi connectivity index (χ1n) is 4.34. The molecule has 1 heterocycles. The molecule has 0 N–H and O–H groups in total. The van der Waals surface area contributed by atoms with Crippen LogP contribution in [0.5, 0.6) is 11.7 Å². The summed E-state index contributed by atoms with van der Waals surface area (Å²) in [6.07, 6.45) is 2.65. The standard InChI is InChI=1S/C11H5N3O2/c12-4-8-1-2-10(3-9(8)5-13)16-11-6-14-7-15-11/h1-3,6-7H. The third kappa shape index (κ3) is 1.84. The Kier molecular flexibility index (Phi) is 2.53. The predicted octanol–water partition coefficient (Wildman–Crippen LogP) is 2.21. The number of oxazole rings is 1. The van der Waals surface area contributed by atoms with E-state index in [9.17, 15) is 0 Å². The molecule has 1 aromatic heterocycles. The number of rotatable bonds is 2. The van der Waals surface area contributed by atoms with Crippen LogP contribution < -0.4 is 4.74 Å². The monoisotopic (exact) mass is 211 g/mol. The molecule has 0 saturated heterocycles. The average Bonchev–Trinajstić information content (AvgIpc) is 2.81. The van der Waals surface area contributed by atoms with Crippen molar-refractivity contribution in [1.29, 1.82) is 10.5 Å². The van der Waals surface area contributed by atoms with Gasteiger partial charge in [0.05, 0.1) is 11.1 Å². The Bertz CT molecular complexity index is 576. The summed E-state index contributed by atoms with van der Waals surface area (Å²) >= 11 is 0. The zero-order valence-electron chi connectivity index (χ0n) is 8.04. The van der Waals surface area contributed by atoms with E-state index < -0.39 is 0 Å². The van der Waals surface area contributed by atoms with Crippen LogP contribution in [0.2, 0.25) is 0 Å². The molecule has 0 atom stereocenters. The first-order valence-corrected chi connectivity index (χ1v) is 4.34. The van der Waals surface area contributed by atoms with E-state index in [0.717, 1.165) is 0 Å². The number of hydrogen-bond donors (Lipinski definition) is 0. The average molecular weight is 211 g/mol. The molecule has 0 bridgehead atoms. The molecule has 0 spiro atoms. The molecule has 5 nitrogen and oxygen atoms in total. The number of nitriles is 2. The molecule has 1 aromatic carbocycles. The summed E-state index contributed by atoms with van der Waals surface area (Å²) in [6.45, 7) is 0. The minimum atomic E-state index is 0.230. The predicted molar refractivity (Wildman–Crippen MR) is 52.4 cm³/mol. The molecule has 2 rings (SSSR count). The lowest BCUT2D eigenvalue weighted by molar-refractivity contribution is 0.346. The van der Waals surface area contributed by atoms with Gasteiger partial charge in [0.1, 0.15) is 24.1 Å². The number of nitrogens with zero attached hydrogens (tertiary/aromatic N) is 3. The highest BCUT2D eigenvalue weighted by atomic mass is 16.6. The lowest BCUT2D eigenvalue weighted by Gasteiger charge is -2.01. The summed E-state index contributed by atoms with van der Waals surface area (Å²) in [7, 11) is 0. The van der Waals surface area contributed by atoms with Crippen LogP contribution in [0.3, 0.4) is 0 Å². The SMILES string of the molecule is N#Cc1ccc(Oc2cnco2)cc1C#N. The molecular weight excluding hydrogens is 206 g/mol. The summed E-state index contributed by atoms with van der Waals surface area (Å²) in [4.78, 5) is 3.69. The molecule has 0 aliphatic carbocycles. The fourth-order valence-corrected chi connectivity index (χ4v) is 1.15. The highest BCUT2D eigenvalue weighted by Crippen LogP contribution is 2.22. The van der Waals surface area contributed by atoms with Crippen molar-refractivity contribution < 1.29 is 9.15 Å².